The van der Waals surface area contributed by atoms with E-state index in [4.69, 9.17) is 0 Å². The maximum absolute atomic E-state index is 4.14. The van der Waals surface area contributed by atoms with Gasteiger partial charge in [-0.2, -0.15) is 0 Å². The topological polar surface area (TPSA) is 6.48 Å². The summed E-state index contributed by atoms with van der Waals surface area (Å²) in [4.78, 5) is 4.85. The van der Waals surface area contributed by atoms with Gasteiger partial charge in [0.2, 0.25) is 0 Å². The maximum atomic E-state index is 4.14. The summed E-state index contributed by atoms with van der Waals surface area (Å²) < 4.78 is 0. The molecule has 0 saturated carbocycles. The zero-order valence-electron chi connectivity index (χ0n) is 11.1. The van der Waals surface area contributed by atoms with Crippen LogP contribution in [0.25, 0.3) is 0 Å². The van der Waals surface area contributed by atoms with Crippen molar-refractivity contribution in [2.75, 3.05) is 31.6 Å². The molecule has 0 aromatic heterocycles. The number of likely N-dealkylation sites (N-methyl/N-ethyl adjacent to an activating group) is 1. The van der Waals surface area contributed by atoms with Crippen LogP contribution >= 0.6 is 0 Å². The van der Waals surface area contributed by atoms with E-state index in [1.54, 1.807) is 0 Å². The molecule has 1 aliphatic rings. The molecule has 2 nitrogen and oxygen atoms in total. The Morgan fingerprint density at radius 2 is 1.88 bits per heavy atom. The van der Waals surface area contributed by atoms with Crippen LogP contribution in [0.5, 0.6) is 0 Å². The van der Waals surface area contributed by atoms with Crippen LogP contribution < -0.4 is 4.90 Å². The number of hydrogen-bond acceptors (Lipinski definition) is 2. The first-order chi connectivity index (χ1) is 8.08. The lowest BCUT2D eigenvalue weighted by atomic mass is 10.0. The third-order valence-electron chi connectivity index (χ3n) is 3.52. The van der Waals surface area contributed by atoms with Gasteiger partial charge in [-0.25, -0.2) is 0 Å². The zero-order valence-corrected chi connectivity index (χ0v) is 11.1. The van der Waals surface area contributed by atoms with Gasteiger partial charge in [-0.1, -0.05) is 29.8 Å². The van der Waals surface area contributed by atoms with E-state index in [0.717, 1.165) is 19.6 Å². The van der Waals surface area contributed by atoms with Gasteiger partial charge in [-0.3, -0.25) is 0 Å². The molecule has 2 rings (SSSR count). The predicted molar refractivity (Wildman–Crippen MR) is 74.6 cm³/mol. The Labute approximate surface area is 105 Å². The van der Waals surface area contributed by atoms with Crippen molar-refractivity contribution in [1.29, 1.82) is 0 Å². The molecule has 1 aromatic rings. The van der Waals surface area contributed by atoms with Crippen LogP contribution in [0.2, 0.25) is 0 Å². The lowest BCUT2D eigenvalue weighted by Crippen LogP contribution is -2.52. The van der Waals surface area contributed by atoms with E-state index in [1.807, 2.05) is 0 Å². The first-order valence-electron chi connectivity index (χ1n) is 6.25. The molecule has 1 aromatic carbocycles. The molecular formula is C15H22N2. The normalized spacial score (nSPS) is 21.6. The number of aryl methyl sites for hydroxylation is 1. The minimum absolute atomic E-state index is 0.441. The molecule has 0 amide bonds. The first kappa shape index (κ1) is 12.2. The fraction of sp³-hybridized carbons (Fsp3) is 0.467. The summed E-state index contributed by atoms with van der Waals surface area (Å²) in [6.07, 6.45) is 0. The van der Waals surface area contributed by atoms with E-state index in [2.05, 4.69) is 61.5 Å². The highest BCUT2D eigenvalue weighted by Crippen LogP contribution is 2.23. The molecule has 1 aliphatic heterocycles. The van der Waals surface area contributed by atoms with Crippen molar-refractivity contribution in [1.82, 2.24) is 4.90 Å². The molecule has 2 heteroatoms. The smallest absolute Gasteiger partial charge is 0.0624 e. The minimum atomic E-state index is 0.441. The molecule has 1 heterocycles. The van der Waals surface area contributed by atoms with Gasteiger partial charge in [0.1, 0.15) is 0 Å². The second kappa shape index (κ2) is 4.92. The highest BCUT2D eigenvalue weighted by Gasteiger charge is 2.25. The monoisotopic (exact) mass is 230 g/mol. The zero-order chi connectivity index (χ0) is 12.4. The standard InChI is InChI=1S/C15H22N2/c1-12(2)15-11-16(4)9-10-17(15)14-7-5-13(3)6-8-14/h5-8,15H,1,9-11H2,2-4H3. The van der Waals surface area contributed by atoms with Crippen LogP contribution in [0.3, 0.4) is 0 Å². The lowest BCUT2D eigenvalue weighted by Gasteiger charge is -2.42. The Bertz CT molecular complexity index is 394. The summed E-state index contributed by atoms with van der Waals surface area (Å²) in [7, 11) is 2.18. The quantitative estimate of drug-likeness (QED) is 0.721. The highest BCUT2D eigenvalue weighted by atomic mass is 15.3. The number of hydrogen-bond donors (Lipinski definition) is 0. The summed E-state index contributed by atoms with van der Waals surface area (Å²) in [6, 6.07) is 9.25. The number of piperazine rings is 1. The molecule has 17 heavy (non-hydrogen) atoms. The Morgan fingerprint density at radius 1 is 1.24 bits per heavy atom. The molecule has 1 fully saturated rings. The van der Waals surface area contributed by atoms with Gasteiger partial charge >= 0.3 is 0 Å². The van der Waals surface area contributed by atoms with Gasteiger partial charge in [-0.05, 0) is 33.0 Å². The summed E-state index contributed by atoms with van der Waals surface area (Å²) in [5, 5.41) is 0. The van der Waals surface area contributed by atoms with Crippen LogP contribution in [-0.2, 0) is 0 Å². The fourth-order valence-corrected chi connectivity index (χ4v) is 2.39. The third-order valence-corrected chi connectivity index (χ3v) is 3.52. The van der Waals surface area contributed by atoms with Crippen LogP contribution in [0, 0.1) is 6.92 Å². The number of anilines is 1. The van der Waals surface area contributed by atoms with Gasteiger partial charge < -0.3 is 9.80 Å². The molecule has 1 unspecified atom stereocenters. The van der Waals surface area contributed by atoms with Crippen molar-refractivity contribution in [2.45, 2.75) is 19.9 Å². The van der Waals surface area contributed by atoms with Crippen LogP contribution in [0.4, 0.5) is 5.69 Å². The summed E-state index contributed by atoms with van der Waals surface area (Å²) >= 11 is 0. The van der Waals surface area contributed by atoms with E-state index in [9.17, 15) is 0 Å². The van der Waals surface area contributed by atoms with Gasteiger partial charge in [0.05, 0.1) is 6.04 Å². The molecule has 92 valence electrons. The van der Waals surface area contributed by atoms with Crippen LogP contribution in [0.1, 0.15) is 12.5 Å². The summed E-state index contributed by atoms with van der Waals surface area (Å²) in [5.41, 5.74) is 3.88. The number of nitrogens with zero attached hydrogens (tertiary/aromatic N) is 2. The van der Waals surface area contributed by atoms with Crippen molar-refractivity contribution in [2.24, 2.45) is 0 Å². The minimum Gasteiger partial charge on any atom is -0.362 e. The SMILES string of the molecule is C=C(C)C1CN(C)CCN1c1ccc(C)cc1. The molecule has 0 bridgehead atoms. The molecular weight excluding hydrogens is 208 g/mol. The second-order valence-electron chi connectivity index (χ2n) is 5.15. The summed E-state index contributed by atoms with van der Waals surface area (Å²) in [6.45, 7) is 11.7. The van der Waals surface area contributed by atoms with E-state index >= 15 is 0 Å². The van der Waals surface area contributed by atoms with Gasteiger partial charge in [-0.15, -0.1) is 0 Å². The van der Waals surface area contributed by atoms with Crippen molar-refractivity contribution in [3.63, 3.8) is 0 Å². The van der Waals surface area contributed by atoms with Gasteiger partial charge in [0.25, 0.3) is 0 Å². The average molecular weight is 230 g/mol. The Kier molecular flexibility index (Phi) is 3.53. The lowest BCUT2D eigenvalue weighted by molar-refractivity contribution is 0.282. The molecule has 0 radical (unpaired) electrons. The van der Waals surface area contributed by atoms with E-state index < -0.39 is 0 Å². The highest BCUT2D eigenvalue weighted by molar-refractivity contribution is 5.50. The van der Waals surface area contributed by atoms with Gasteiger partial charge in [0, 0.05) is 25.3 Å². The first-order valence-corrected chi connectivity index (χ1v) is 6.25. The van der Waals surface area contributed by atoms with Gasteiger partial charge in [0.15, 0.2) is 0 Å². The molecule has 0 aliphatic carbocycles. The van der Waals surface area contributed by atoms with Crippen molar-refractivity contribution in [3.8, 4) is 0 Å². The van der Waals surface area contributed by atoms with Crippen molar-refractivity contribution in [3.05, 3.63) is 42.0 Å². The largest absolute Gasteiger partial charge is 0.362 e. The van der Waals surface area contributed by atoms with E-state index in [1.165, 1.54) is 16.8 Å². The second-order valence-corrected chi connectivity index (χ2v) is 5.15. The molecule has 0 spiro atoms. The Hall–Kier alpha value is -1.28. The number of benzene rings is 1. The number of rotatable bonds is 2. The molecule has 1 saturated heterocycles. The van der Waals surface area contributed by atoms with E-state index in [0.29, 0.717) is 6.04 Å². The third kappa shape index (κ3) is 2.70. The van der Waals surface area contributed by atoms with Crippen LogP contribution in [-0.4, -0.2) is 37.6 Å². The predicted octanol–water partition coefficient (Wildman–Crippen LogP) is 2.69. The molecule has 1 atom stereocenters. The van der Waals surface area contributed by atoms with Crippen LogP contribution in [0.15, 0.2) is 36.4 Å². The summed E-state index contributed by atoms with van der Waals surface area (Å²) in [5.74, 6) is 0. The maximum Gasteiger partial charge on any atom is 0.0624 e. The average Bonchev–Trinajstić information content (AvgIpc) is 2.30. The van der Waals surface area contributed by atoms with Crippen molar-refractivity contribution < 1.29 is 0 Å². The van der Waals surface area contributed by atoms with Crippen molar-refractivity contribution >= 4 is 5.69 Å². The fourth-order valence-electron chi connectivity index (χ4n) is 2.39. The Balaban J connectivity index is 2.23. The van der Waals surface area contributed by atoms with E-state index in [-0.39, 0.29) is 0 Å². The molecule has 0 N–H and O–H groups in total. The Morgan fingerprint density at radius 3 is 2.47 bits per heavy atom.